The van der Waals surface area contributed by atoms with Gasteiger partial charge in [-0.2, -0.15) is 0 Å². The monoisotopic (exact) mass is 835 g/mol. The minimum atomic E-state index is -0.306. The van der Waals surface area contributed by atoms with Crippen molar-refractivity contribution in [3.05, 3.63) is 0 Å². The second kappa shape index (κ2) is 17.5. The highest BCUT2D eigenvalue weighted by Crippen LogP contribution is 2.70. The highest BCUT2D eigenvalue weighted by atomic mass is 16.5. The summed E-state index contributed by atoms with van der Waals surface area (Å²) in [5.41, 5.74) is -0.340. The van der Waals surface area contributed by atoms with Gasteiger partial charge in [-0.1, -0.05) is 81.1 Å². The molecular weight excluding hydrogens is 757 g/mol. The molecule has 0 heterocycles. The van der Waals surface area contributed by atoms with Crippen LogP contribution >= 0.6 is 0 Å². The molecule has 0 radical (unpaired) electrons. The number of fused-ring (bicyclic) bond motifs is 10. The summed E-state index contributed by atoms with van der Waals surface area (Å²) >= 11 is 0. The van der Waals surface area contributed by atoms with E-state index < -0.39 is 0 Å². The standard InChI is InChI=1S/C27H42O6.C24H36O3/c1-5-6-17(2)20-7-8-21-25-22(13-24(33-16-30)27(20,21)4)26(3)10-9-19(31-14-28)11-18(26)12-23(25)32-15-29;1-5-6-14(2)17-7-8-18-22-19(13-21(27)24(17,18)4)23(3)10-9-16(25)11-15(23)12-20(22)26/h14-25H,5-13H2,1-4H3;14-15,17-19,22H,5-13H2,1-4H3/t17?,18-,19+,20+,21-,22-,23+,24-,25-,26-,27+;14?,15-,17+,18-,19-,22-,23-,24+/m00/s1. The minimum Gasteiger partial charge on any atom is -0.465 e. The molecular formula is C51H78O9. The first-order chi connectivity index (χ1) is 28.6. The molecule has 9 heteroatoms. The maximum absolute atomic E-state index is 13.6. The van der Waals surface area contributed by atoms with E-state index in [1.54, 1.807) is 0 Å². The van der Waals surface area contributed by atoms with E-state index in [9.17, 15) is 28.8 Å². The first-order valence-electron chi connectivity index (χ1n) is 24.4. The van der Waals surface area contributed by atoms with Crippen molar-refractivity contribution in [1.82, 2.24) is 0 Å². The lowest BCUT2D eigenvalue weighted by Gasteiger charge is -2.64. The second-order valence-corrected chi connectivity index (χ2v) is 22.6. The van der Waals surface area contributed by atoms with Crippen LogP contribution in [0.25, 0.3) is 0 Å². The van der Waals surface area contributed by atoms with Gasteiger partial charge in [0.15, 0.2) is 0 Å². The molecule has 8 saturated carbocycles. The van der Waals surface area contributed by atoms with Gasteiger partial charge in [-0.15, -0.1) is 0 Å². The Morgan fingerprint density at radius 1 is 0.650 bits per heavy atom. The average molecular weight is 835 g/mol. The number of ether oxygens (including phenoxy) is 3. The van der Waals surface area contributed by atoms with Gasteiger partial charge in [0.25, 0.3) is 19.4 Å². The Balaban J connectivity index is 0.000000185. The maximum Gasteiger partial charge on any atom is 0.293 e. The number of rotatable bonds is 12. The van der Waals surface area contributed by atoms with E-state index in [0.717, 1.165) is 77.0 Å². The normalized spacial score (nSPS) is 47.6. The van der Waals surface area contributed by atoms with E-state index in [1.165, 1.54) is 12.8 Å². The molecule has 0 aromatic rings. The molecule has 0 N–H and O–H groups in total. The van der Waals surface area contributed by atoms with Crippen LogP contribution in [0.3, 0.4) is 0 Å². The van der Waals surface area contributed by atoms with Crippen molar-refractivity contribution in [2.75, 3.05) is 0 Å². The minimum absolute atomic E-state index is 0.00338. The second-order valence-electron chi connectivity index (χ2n) is 22.6. The van der Waals surface area contributed by atoms with Crippen LogP contribution in [0.15, 0.2) is 0 Å². The number of carbonyl (C=O) groups excluding carboxylic acids is 6. The molecule has 336 valence electrons. The fourth-order valence-electron chi connectivity index (χ4n) is 17.5. The van der Waals surface area contributed by atoms with Gasteiger partial charge in [-0.05, 0) is 134 Å². The first kappa shape index (κ1) is 45.4. The molecule has 0 aliphatic heterocycles. The highest BCUT2D eigenvalue weighted by molar-refractivity contribution is 5.93. The number of carbonyl (C=O) groups is 6. The molecule has 8 fully saturated rings. The Hall–Kier alpha value is -2.58. The van der Waals surface area contributed by atoms with Gasteiger partial charge < -0.3 is 14.2 Å². The SMILES string of the molecule is CCCC(C)[C@H]1CC[C@H]2[C@@H]3C(=O)C[C@@H]4CC(=O)CC[C@]4(C)[C@H]3CC(=O)[C@]12C.CCCC(C)[C@H]1CC[C@H]2[C@@H]3[C@H](OC=O)C[C@@H]4C[C@H](OC=O)CC[C@]4(C)[C@H]3C[C@H](OC=O)[C@]12C. The van der Waals surface area contributed by atoms with Gasteiger partial charge in [0.2, 0.25) is 0 Å². The molecule has 0 saturated heterocycles. The van der Waals surface area contributed by atoms with Crippen molar-refractivity contribution < 1.29 is 43.0 Å². The van der Waals surface area contributed by atoms with Crippen molar-refractivity contribution >= 4 is 36.8 Å². The molecule has 0 aromatic heterocycles. The van der Waals surface area contributed by atoms with Gasteiger partial charge in [0.05, 0.1) is 0 Å². The molecule has 0 spiro atoms. The van der Waals surface area contributed by atoms with Crippen molar-refractivity contribution in [1.29, 1.82) is 0 Å². The summed E-state index contributed by atoms with van der Waals surface area (Å²) < 4.78 is 17.1. The fourth-order valence-corrected chi connectivity index (χ4v) is 17.5. The predicted molar refractivity (Wildman–Crippen MR) is 228 cm³/mol. The quantitative estimate of drug-likeness (QED) is 0.139. The number of ketones is 3. The van der Waals surface area contributed by atoms with Crippen LogP contribution < -0.4 is 0 Å². The lowest BCUT2D eigenvalue weighted by Crippen LogP contribution is -2.63. The Morgan fingerprint density at radius 2 is 1.28 bits per heavy atom. The van der Waals surface area contributed by atoms with Crippen molar-refractivity contribution in [3.63, 3.8) is 0 Å². The Bertz CT molecular complexity index is 1630. The summed E-state index contributed by atoms with van der Waals surface area (Å²) in [5, 5.41) is 0. The number of hydrogen-bond donors (Lipinski definition) is 0. The van der Waals surface area contributed by atoms with Crippen LogP contribution in [0.1, 0.15) is 171 Å². The van der Waals surface area contributed by atoms with E-state index in [1.807, 2.05) is 0 Å². The van der Waals surface area contributed by atoms with Crippen molar-refractivity contribution in [2.45, 2.75) is 189 Å². The lowest BCUT2D eigenvalue weighted by molar-refractivity contribution is -0.218. The Morgan fingerprint density at radius 3 is 1.95 bits per heavy atom. The van der Waals surface area contributed by atoms with Crippen LogP contribution in [0.2, 0.25) is 0 Å². The number of hydrogen-bond acceptors (Lipinski definition) is 9. The van der Waals surface area contributed by atoms with E-state index >= 15 is 0 Å². The predicted octanol–water partition coefficient (Wildman–Crippen LogP) is 9.93. The Labute approximate surface area is 360 Å². The van der Waals surface area contributed by atoms with E-state index in [2.05, 4.69) is 55.4 Å². The summed E-state index contributed by atoms with van der Waals surface area (Å²) in [6.45, 7) is 20.2. The van der Waals surface area contributed by atoms with Crippen molar-refractivity contribution in [3.8, 4) is 0 Å². The number of Topliss-reactive ketones (excluding diaryl/α,β-unsaturated/α-hetero) is 3. The average Bonchev–Trinajstić information content (AvgIpc) is 3.76. The van der Waals surface area contributed by atoms with Crippen LogP contribution in [0.4, 0.5) is 0 Å². The zero-order chi connectivity index (χ0) is 43.4. The van der Waals surface area contributed by atoms with Crippen LogP contribution in [0, 0.1) is 92.7 Å². The highest BCUT2D eigenvalue weighted by Gasteiger charge is 2.68. The van der Waals surface area contributed by atoms with Crippen LogP contribution in [0.5, 0.6) is 0 Å². The van der Waals surface area contributed by atoms with Gasteiger partial charge >= 0.3 is 0 Å². The molecule has 0 bridgehead atoms. The van der Waals surface area contributed by atoms with Gasteiger partial charge in [0, 0.05) is 48.3 Å². The van der Waals surface area contributed by atoms with E-state index in [0.29, 0.717) is 104 Å². The lowest BCUT2D eigenvalue weighted by atomic mass is 9.43. The molecule has 19 atom stereocenters. The smallest absolute Gasteiger partial charge is 0.293 e. The summed E-state index contributed by atoms with van der Waals surface area (Å²) in [6.07, 6.45) is 16.3. The van der Waals surface area contributed by atoms with Crippen LogP contribution in [-0.2, 0) is 43.0 Å². The molecule has 8 aliphatic rings. The molecule has 9 nitrogen and oxygen atoms in total. The maximum atomic E-state index is 13.6. The summed E-state index contributed by atoms with van der Waals surface area (Å²) in [7, 11) is 0. The first-order valence-corrected chi connectivity index (χ1v) is 24.4. The molecule has 60 heavy (non-hydrogen) atoms. The summed E-state index contributed by atoms with van der Waals surface area (Å²) in [6, 6.07) is 0. The topological polar surface area (TPSA) is 130 Å². The fraction of sp³-hybridized carbons (Fsp3) is 0.882. The third kappa shape index (κ3) is 7.25. The zero-order valence-electron chi connectivity index (χ0n) is 38.3. The summed E-state index contributed by atoms with van der Waals surface area (Å²) in [4.78, 5) is 73.1. The third-order valence-corrected chi connectivity index (χ3v) is 20.5. The summed E-state index contributed by atoms with van der Waals surface area (Å²) in [5.74, 6) is 5.09. The van der Waals surface area contributed by atoms with Crippen LogP contribution in [-0.4, -0.2) is 55.1 Å². The van der Waals surface area contributed by atoms with Crippen molar-refractivity contribution in [2.24, 2.45) is 92.7 Å². The Kier molecular flexibility index (Phi) is 13.3. The van der Waals surface area contributed by atoms with E-state index in [4.69, 9.17) is 14.2 Å². The molecule has 2 unspecified atom stereocenters. The molecule has 0 aromatic carbocycles. The van der Waals surface area contributed by atoms with Gasteiger partial charge in [-0.25, -0.2) is 0 Å². The third-order valence-electron chi connectivity index (χ3n) is 20.5. The molecule has 8 rings (SSSR count). The molecule has 0 amide bonds. The molecule has 8 aliphatic carbocycles. The van der Waals surface area contributed by atoms with E-state index in [-0.39, 0.29) is 69.6 Å². The zero-order valence-corrected chi connectivity index (χ0v) is 38.3. The van der Waals surface area contributed by atoms with Gasteiger partial charge in [-0.3, -0.25) is 28.8 Å². The largest absolute Gasteiger partial charge is 0.465 e. The van der Waals surface area contributed by atoms with Gasteiger partial charge in [0.1, 0.15) is 35.7 Å².